The largest absolute Gasteiger partial charge is 0.416 e. The lowest BCUT2D eigenvalue weighted by Crippen LogP contribution is -2.25. The first-order chi connectivity index (χ1) is 7.55. The van der Waals surface area contributed by atoms with E-state index in [2.05, 4.69) is 5.32 Å². The Morgan fingerprint density at radius 3 is 2.81 bits per heavy atom. The second-order valence-electron chi connectivity index (χ2n) is 3.72. The summed E-state index contributed by atoms with van der Waals surface area (Å²) in [5, 5.41) is 3.06. The first-order valence-corrected chi connectivity index (χ1v) is 5.07. The number of alkyl halides is 3. The lowest BCUT2D eigenvalue weighted by molar-refractivity contribution is -0.137. The molecular weight excluding hydrogens is 219 g/mol. The summed E-state index contributed by atoms with van der Waals surface area (Å²) in [6, 6.07) is 5.35. The zero-order valence-corrected chi connectivity index (χ0v) is 8.55. The summed E-state index contributed by atoms with van der Waals surface area (Å²) in [6.45, 7) is 1.37. The van der Waals surface area contributed by atoms with Crippen molar-refractivity contribution in [2.24, 2.45) is 0 Å². The van der Waals surface area contributed by atoms with Crippen LogP contribution >= 0.6 is 0 Å². The fourth-order valence-electron chi connectivity index (χ4n) is 1.70. The van der Waals surface area contributed by atoms with Crippen LogP contribution in [-0.4, -0.2) is 19.4 Å². The molecule has 2 nitrogen and oxygen atoms in total. The molecule has 0 spiro atoms. The van der Waals surface area contributed by atoms with Crippen LogP contribution in [0, 0.1) is 0 Å². The Labute approximate surface area is 91.4 Å². The van der Waals surface area contributed by atoms with Crippen LogP contribution in [0.15, 0.2) is 24.3 Å². The van der Waals surface area contributed by atoms with Crippen LogP contribution in [0.1, 0.15) is 11.1 Å². The topological polar surface area (TPSA) is 21.3 Å². The van der Waals surface area contributed by atoms with E-state index in [1.165, 1.54) is 12.1 Å². The van der Waals surface area contributed by atoms with Gasteiger partial charge in [0.2, 0.25) is 0 Å². The average molecular weight is 231 g/mol. The number of ether oxygens (including phenoxy) is 1. The maximum absolute atomic E-state index is 12.4. The van der Waals surface area contributed by atoms with Gasteiger partial charge in [-0.05, 0) is 11.6 Å². The number of nitrogens with one attached hydrogen (secondary N) is 1. The number of hydrogen-bond acceptors (Lipinski definition) is 2. The van der Waals surface area contributed by atoms with Crippen LogP contribution in [-0.2, 0) is 17.3 Å². The average Bonchev–Trinajstić information content (AvgIpc) is 2.70. The summed E-state index contributed by atoms with van der Waals surface area (Å²) in [5.74, 6) is 0. The molecular formula is C11H12F3NO. The van der Waals surface area contributed by atoms with Crippen LogP contribution in [0.5, 0.6) is 0 Å². The van der Waals surface area contributed by atoms with E-state index in [4.69, 9.17) is 4.74 Å². The van der Waals surface area contributed by atoms with Crippen molar-refractivity contribution < 1.29 is 17.9 Å². The van der Waals surface area contributed by atoms with Gasteiger partial charge >= 0.3 is 6.18 Å². The van der Waals surface area contributed by atoms with Crippen molar-refractivity contribution in [3.8, 4) is 0 Å². The molecule has 1 saturated heterocycles. The summed E-state index contributed by atoms with van der Waals surface area (Å²) in [6.07, 6.45) is -3.98. The smallest absolute Gasteiger partial charge is 0.362 e. The molecule has 5 heteroatoms. The Kier molecular flexibility index (Phi) is 3.16. The number of benzene rings is 1. The molecule has 88 valence electrons. The van der Waals surface area contributed by atoms with Gasteiger partial charge in [0.1, 0.15) is 6.23 Å². The van der Waals surface area contributed by atoms with Gasteiger partial charge in [-0.15, -0.1) is 0 Å². The fourth-order valence-corrected chi connectivity index (χ4v) is 1.70. The van der Waals surface area contributed by atoms with Crippen LogP contribution in [0.4, 0.5) is 13.2 Å². The van der Waals surface area contributed by atoms with Gasteiger partial charge in [-0.3, -0.25) is 5.32 Å². The van der Waals surface area contributed by atoms with Gasteiger partial charge in [-0.1, -0.05) is 18.2 Å². The van der Waals surface area contributed by atoms with E-state index in [1.807, 2.05) is 0 Å². The van der Waals surface area contributed by atoms with Crippen molar-refractivity contribution in [1.29, 1.82) is 0 Å². The molecule has 1 fully saturated rings. The van der Waals surface area contributed by atoms with Gasteiger partial charge in [0.05, 0.1) is 12.2 Å². The fraction of sp³-hybridized carbons (Fsp3) is 0.455. The summed E-state index contributed by atoms with van der Waals surface area (Å²) in [4.78, 5) is 0. The van der Waals surface area contributed by atoms with Crippen molar-refractivity contribution in [2.75, 3.05) is 13.2 Å². The van der Waals surface area contributed by atoms with E-state index in [1.54, 1.807) is 6.07 Å². The highest BCUT2D eigenvalue weighted by Gasteiger charge is 2.30. The molecule has 1 heterocycles. The van der Waals surface area contributed by atoms with Gasteiger partial charge in [0, 0.05) is 13.0 Å². The molecule has 0 aliphatic carbocycles. The van der Waals surface area contributed by atoms with E-state index in [0.717, 1.165) is 12.6 Å². The minimum Gasteiger partial charge on any atom is -0.362 e. The van der Waals surface area contributed by atoms with Gasteiger partial charge < -0.3 is 4.74 Å². The Hall–Kier alpha value is -1.07. The SMILES string of the molecule is FC(F)(F)c1cccc(CC2NCCO2)c1. The molecule has 16 heavy (non-hydrogen) atoms. The summed E-state index contributed by atoms with van der Waals surface area (Å²) < 4.78 is 42.6. The maximum Gasteiger partial charge on any atom is 0.416 e. The molecule has 1 aliphatic rings. The highest BCUT2D eigenvalue weighted by molar-refractivity contribution is 5.26. The molecule has 0 bridgehead atoms. The normalized spacial score (nSPS) is 21.3. The lowest BCUT2D eigenvalue weighted by Gasteiger charge is -2.12. The lowest BCUT2D eigenvalue weighted by atomic mass is 10.1. The first-order valence-electron chi connectivity index (χ1n) is 5.07. The van der Waals surface area contributed by atoms with Gasteiger partial charge in [0.15, 0.2) is 0 Å². The molecule has 1 aliphatic heterocycles. The Morgan fingerprint density at radius 2 is 2.19 bits per heavy atom. The van der Waals surface area contributed by atoms with E-state index >= 15 is 0 Å². The molecule has 0 aromatic heterocycles. The van der Waals surface area contributed by atoms with Crippen LogP contribution in [0.25, 0.3) is 0 Å². The molecule has 0 radical (unpaired) electrons. The zero-order valence-electron chi connectivity index (χ0n) is 8.55. The summed E-state index contributed by atoms with van der Waals surface area (Å²) in [7, 11) is 0. The van der Waals surface area contributed by atoms with Crippen molar-refractivity contribution in [3.63, 3.8) is 0 Å². The van der Waals surface area contributed by atoms with Gasteiger partial charge in [0.25, 0.3) is 0 Å². The van der Waals surface area contributed by atoms with Crippen molar-refractivity contribution in [1.82, 2.24) is 5.32 Å². The van der Waals surface area contributed by atoms with Crippen molar-refractivity contribution >= 4 is 0 Å². The molecule has 2 rings (SSSR count). The monoisotopic (exact) mass is 231 g/mol. The first kappa shape index (κ1) is 11.4. The highest BCUT2D eigenvalue weighted by Crippen LogP contribution is 2.29. The van der Waals surface area contributed by atoms with Crippen LogP contribution in [0.2, 0.25) is 0 Å². The Bertz CT molecular complexity index is 358. The van der Waals surface area contributed by atoms with E-state index in [-0.39, 0.29) is 6.23 Å². The third-order valence-corrected chi connectivity index (χ3v) is 2.47. The Balaban J connectivity index is 2.09. The predicted octanol–water partition coefficient (Wildman–Crippen LogP) is 2.19. The molecule has 1 atom stereocenters. The standard InChI is InChI=1S/C11H12F3NO/c12-11(13,14)9-3-1-2-8(6-9)7-10-15-4-5-16-10/h1-3,6,10,15H,4-5,7H2. The summed E-state index contributed by atoms with van der Waals surface area (Å²) in [5.41, 5.74) is 0.0252. The van der Waals surface area contributed by atoms with Gasteiger partial charge in [-0.25, -0.2) is 0 Å². The third-order valence-electron chi connectivity index (χ3n) is 2.47. The third kappa shape index (κ3) is 2.74. The predicted molar refractivity (Wildman–Crippen MR) is 52.9 cm³/mol. The second kappa shape index (κ2) is 4.43. The van der Waals surface area contributed by atoms with Crippen LogP contribution in [0.3, 0.4) is 0 Å². The number of rotatable bonds is 2. The van der Waals surface area contributed by atoms with Crippen LogP contribution < -0.4 is 5.32 Å². The minimum absolute atomic E-state index is 0.163. The second-order valence-corrected chi connectivity index (χ2v) is 3.72. The van der Waals surface area contributed by atoms with Crippen molar-refractivity contribution in [3.05, 3.63) is 35.4 Å². The molecule has 1 aromatic rings. The van der Waals surface area contributed by atoms with E-state index in [9.17, 15) is 13.2 Å². The molecule has 1 N–H and O–H groups in total. The van der Waals surface area contributed by atoms with Gasteiger partial charge in [-0.2, -0.15) is 13.2 Å². The number of hydrogen-bond donors (Lipinski definition) is 1. The number of halogens is 3. The summed E-state index contributed by atoms with van der Waals surface area (Å²) >= 11 is 0. The highest BCUT2D eigenvalue weighted by atomic mass is 19.4. The van der Waals surface area contributed by atoms with E-state index in [0.29, 0.717) is 18.6 Å². The quantitative estimate of drug-likeness (QED) is 0.842. The van der Waals surface area contributed by atoms with E-state index < -0.39 is 11.7 Å². The molecule has 1 unspecified atom stereocenters. The maximum atomic E-state index is 12.4. The van der Waals surface area contributed by atoms with Crippen molar-refractivity contribution in [2.45, 2.75) is 18.8 Å². The molecule has 0 saturated carbocycles. The zero-order chi connectivity index (χ0) is 11.6. The minimum atomic E-state index is -4.28. The Morgan fingerprint density at radius 1 is 1.38 bits per heavy atom. The molecule has 0 amide bonds. The molecule has 1 aromatic carbocycles.